The number of nitrogens with zero attached hydrogens (tertiary/aromatic N) is 1. The third-order valence-electron chi connectivity index (χ3n) is 5.06. The molecule has 4 nitrogen and oxygen atoms in total. The molecule has 1 fully saturated rings. The molecule has 0 saturated carbocycles. The van der Waals surface area contributed by atoms with Gasteiger partial charge in [0.05, 0.1) is 20.3 Å². The topological polar surface area (TPSA) is 41.9 Å². The second kappa shape index (κ2) is 5.56. The number of rotatable bonds is 3. The maximum Gasteiger partial charge on any atom is 0.196 e. The van der Waals surface area contributed by atoms with E-state index in [0.717, 1.165) is 18.5 Å². The second-order valence-electron chi connectivity index (χ2n) is 6.14. The van der Waals surface area contributed by atoms with Crippen LogP contribution in [0, 0.1) is 5.82 Å². The summed E-state index contributed by atoms with van der Waals surface area (Å²) >= 11 is 0. The van der Waals surface area contributed by atoms with Crippen molar-refractivity contribution in [2.45, 2.75) is 30.4 Å². The number of methoxy groups -OCH3 is 2. The van der Waals surface area contributed by atoms with E-state index < -0.39 is 11.9 Å². The average molecular weight is 307 g/mol. The molecule has 1 heterocycles. The van der Waals surface area contributed by atoms with Gasteiger partial charge in [0.2, 0.25) is 0 Å². The average Bonchev–Trinajstić information content (AvgIpc) is 2.84. The van der Waals surface area contributed by atoms with Gasteiger partial charge in [-0.3, -0.25) is 0 Å². The van der Waals surface area contributed by atoms with Crippen molar-refractivity contribution >= 4 is 0 Å². The van der Waals surface area contributed by atoms with Gasteiger partial charge in [-0.2, -0.15) is 0 Å². The van der Waals surface area contributed by atoms with Gasteiger partial charge in [0.15, 0.2) is 17.3 Å². The Labute approximate surface area is 130 Å². The van der Waals surface area contributed by atoms with Crippen molar-refractivity contribution in [3.63, 3.8) is 0 Å². The molecule has 0 aromatic heterocycles. The van der Waals surface area contributed by atoms with Crippen LogP contribution < -0.4 is 9.47 Å². The molecule has 120 valence electrons. The van der Waals surface area contributed by atoms with Gasteiger partial charge < -0.3 is 19.5 Å². The van der Waals surface area contributed by atoms with E-state index in [1.165, 1.54) is 20.3 Å². The predicted molar refractivity (Wildman–Crippen MR) is 82.0 cm³/mol. The lowest BCUT2D eigenvalue weighted by atomic mass is 9.69. The third kappa shape index (κ3) is 2.20. The first-order chi connectivity index (χ1) is 10.5. The van der Waals surface area contributed by atoms with Crippen LogP contribution in [-0.2, 0) is 5.41 Å². The summed E-state index contributed by atoms with van der Waals surface area (Å²) in [5, 5.41) is 9.94. The van der Waals surface area contributed by atoms with Crippen molar-refractivity contribution in [3.8, 4) is 11.5 Å². The molecule has 0 amide bonds. The molecule has 2 aliphatic rings. The Hall–Kier alpha value is -1.59. The van der Waals surface area contributed by atoms with Gasteiger partial charge in [-0.05, 0) is 44.1 Å². The molecule has 3 rings (SSSR count). The maximum atomic E-state index is 14.4. The molecule has 0 radical (unpaired) electrons. The number of halogens is 1. The van der Waals surface area contributed by atoms with Gasteiger partial charge in [0.25, 0.3) is 0 Å². The molecule has 1 aliphatic heterocycles. The fourth-order valence-corrected chi connectivity index (χ4v) is 3.87. The van der Waals surface area contributed by atoms with E-state index in [1.807, 2.05) is 18.2 Å². The molecule has 0 bridgehead atoms. The molecule has 1 saturated heterocycles. The summed E-state index contributed by atoms with van der Waals surface area (Å²) < 4.78 is 24.8. The summed E-state index contributed by atoms with van der Waals surface area (Å²) in [5.41, 5.74) is 0.592. The minimum Gasteiger partial charge on any atom is -0.493 e. The number of likely N-dealkylation sites (N-methyl/N-ethyl adjacent to an activating group) is 1. The molecule has 1 N–H and O–H groups in total. The van der Waals surface area contributed by atoms with E-state index in [4.69, 9.17) is 9.47 Å². The molecule has 1 aromatic carbocycles. The SMILES string of the molecule is COc1cc([C@@]23C=C[C@@H](O)C[C@@H]2N(C)CC3)cc(F)c1OC. The number of likely N-dealkylation sites (tertiary alicyclic amines) is 1. The van der Waals surface area contributed by atoms with Crippen LogP contribution in [0.1, 0.15) is 18.4 Å². The second-order valence-corrected chi connectivity index (χ2v) is 6.14. The largest absolute Gasteiger partial charge is 0.493 e. The van der Waals surface area contributed by atoms with Crippen LogP contribution >= 0.6 is 0 Å². The van der Waals surface area contributed by atoms with Crippen LogP contribution in [0.2, 0.25) is 0 Å². The molecule has 0 spiro atoms. The van der Waals surface area contributed by atoms with Gasteiger partial charge in [-0.25, -0.2) is 4.39 Å². The normalized spacial score (nSPS) is 31.1. The molecule has 22 heavy (non-hydrogen) atoms. The van der Waals surface area contributed by atoms with Crippen molar-refractivity contribution in [3.05, 3.63) is 35.7 Å². The standard InChI is InChI=1S/C17H22FNO3/c1-19-7-6-17(5-4-12(20)10-15(17)19)11-8-13(18)16(22-3)14(9-11)21-2/h4-5,8-9,12,15,20H,6-7,10H2,1-3H3/t12-,15+,17+/m1/s1. The number of ether oxygens (including phenoxy) is 2. The number of aliphatic hydroxyl groups is 1. The van der Waals surface area contributed by atoms with E-state index >= 15 is 0 Å². The van der Waals surface area contributed by atoms with Crippen LogP contribution in [0.25, 0.3) is 0 Å². The van der Waals surface area contributed by atoms with Gasteiger partial charge in [-0.15, -0.1) is 0 Å². The van der Waals surface area contributed by atoms with Crippen LogP contribution in [0.4, 0.5) is 4.39 Å². The van der Waals surface area contributed by atoms with Gasteiger partial charge in [0, 0.05) is 11.5 Å². The molecular weight excluding hydrogens is 285 g/mol. The van der Waals surface area contributed by atoms with Crippen LogP contribution in [0.3, 0.4) is 0 Å². The predicted octanol–water partition coefficient (Wildman–Crippen LogP) is 2.11. The highest BCUT2D eigenvalue weighted by Gasteiger charge is 2.48. The first kappa shape index (κ1) is 15.3. The van der Waals surface area contributed by atoms with Crippen molar-refractivity contribution < 1.29 is 19.0 Å². The van der Waals surface area contributed by atoms with Crippen molar-refractivity contribution in [2.24, 2.45) is 0 Å². The summed E-state index contributed by atoms with van der Waals surface area (Å²) in [6.45, 7) is 0.914. The third-order valence-corrected chi connectivity index (χ3v) is 5.06. The molecule has 5 heteroatoms. The highest BCUT2D eigenvalue weighted by atomic mass is 19.1. The summed E-state index contributed by atoms with van der Waals surface area (Å²) in [4.78, 5) is 2.24. The minimum atomic E-state index is -0.441. The minimum absolute atomic E-state index is 0.130. The van der Waals surface area contributed by atoms with Crippen molar-refractivity contribution in [1.82, 2.24) is 4.90 Å². The number of hydrogen-bond acceptors (Lipinski definition) is 4. The number of hydrogen-bond donors (Lipinski definition) is 1. The summed E-state index contributed by atoms with van der Waals surface area (Å²) in [6, 6.07) is 3.55. The number of aliphatic hydroxyl groups excluding tert-OH is 1. The zero-order chi connectivity index (χ0) is 15.9. The lowest BCUT2D eigenvalue weighted by molar-refractivity contribution is 0.137. The Morgan fingerprint density at radius 3 is 2.77 bits per heavy atom. The lowest BCUT2D eigenvalue weighted by Crippen LogP contribution is -2.44. The lowest BCUT2D eigenvalue weighted by Gasteiger charge is -2.39. The molecule has 3 atom stereocenters. The number of benzene rings is 1. The first-order valence-electron chi connectivity index (χ1n) is 7.51. The van der Waals surface area contributed by atoms with Crippen molar-refractivity contribution in [1.29, 1.82) is 0 Å². The fourth-order valence-electron chi connectivity index (χ4n) is 3.87. The Morgan fingerprint density at radius 2 is 2.09 bits per heavy atom. The van der Waals surface area contributed by atoms with E-state index in [1.54, 1.807) is 0 Å². The monoisotopic (exact) mass is 307 g/mol. The molecule has 0 unspecified atom stereocenters. The van der Waals surface area contributed by atoms with Gasteiger partial charge in [-0.1, -0.05) is 12.2 Å². The van der Waals surface area contributed by atoms with E-state index in [9.17, 15) is 9.50 Å². The van der Waals surface area contributed by atoms with E-state index in [0.29, 0.717) is 12.2 Å². The Bertz CT molecular complexity index is 604. The first-order valence-corrected chi connectivity index (χ1v) is 7.51. The highest BCUT2D eigenvalue weighted by Crippen LogP contribution is 2.47. The quantitative estimate of drug-likeness (QED) is 0.869. The summed E-state index contributed by atoms with van der Waals surface area (Å²) in [5.74, 6) is 0.115. The smallest absolute Gasteiger partial charge is 0.196 e. The highest BCUT2D eigenvalue weighted by molar-refractivity contribution is 5.49. The zero-order valence-corrected chi connectivity index (χ0v) is 13.2. The Kier molecular flexibility index (Phi) is 3.87. The van der Waals surface area contributed by atoms with E-state index in [2.05, 4.69) is 11.9 Å². The van der Waals surface area contributed by atoms with Gasteiger partial charge >= 0.3 is 0 Å². The maximum absolute atomic E-state index is 14.4. The van der Waals surface area contributed by atoms with Crippen molar-refractivity contribution in [2.75, 3.05) is 27.8 Å². The Morgan fingerprint density at radius 1 is 1.32 bits per heavy atom. The van der Waals surface area contributed by atoms with Crippen LogP contribution in [-0.4, -0.2) is 50.0 Å². The van der Waals surface area contributed by atoms with Crippen LogP contribution in [0.5, 0.6) is 11.5 Å². The fraction of sp³-hybridized carbons (Fsp3) is 0.529. The zero-order valence-electron chi connectivity index (χ0n) is 13.2. The molecular formula is C17H22FNO3. The summed E-state index contributed by atoms with van der Waals surface area (Å²) in [6.07, 6.45) is 4.97. The van der Waals surface area contributed by atoms with Gasteiger partial charge in [0.1, 0.15) is 0 Å². The number of fused-ring (bicyclic) bond motifs is 1. The summed E-state index contributed by atoms with van der Waals surface area (Å²) in [7, 11) is 4.99. The van der Waals surface area contributed by atoms with Crippen LogP contribution in [0.15, 0.2) is 24.3 Å². The molecule has 1 aliphatic carbocycles. The van der Waals surface area contributed by atoms with E-state index in [-0.39, 0.29) is 17.2 Å². The Balaban J connectivity index is 2.13. The molecule has 1 aromatic rings.